The van der Waals surface area contributed by atoms with E-state index < -0.39 is 0 Å². The maximum Gasteiger partial charge on any atom is 0.341 e. The molecule has 2 aromatic rings. The highest BCUT2D eigenvalue weighted by atomic mass is 32.1. The fourth-order valence-electron chi connectivity index (χ4n) is 4.80. The third-order valence-corrected chi connectivity index (χ3v) is 8.95. The van der Waals surface area contributed by atoms with Gasteiger partial charge in [-0.15, -0.1) is 22.7 Å². The van der Waals surface area contributed by atoms with Crippen LogP contribution in [-0.2, 0) is 30.4 Å². The minimum atomic E-state index is -0.307. The van der Waals surface area contributed by atoms with Crippen LogP contribution in [0.2, 0.25) is 0 Å². The standard InChI is InChI=1S/C24H31NO3S2/c1-4-14-7-9-16-18(13-29-19(16)11-14)22(26)25-23-21(24(27)28-6-3)17-10-8-15(5-2)12-20(17)30-23/h13-15H,4-12H2,1-3H3,(H,25,26). The minimum absolute atomic E-state index is 0.0846. The van der Waals surface area contributed by atoms with Gasteiger partial charge in [0.15, 0.2) is 0 Å². The summed E-state index contributed by atoms with van der Waals surface area (Å²) in [6.45, 7) is 6.63. The highest BCUT2D eigenvalue weighted by Crippen LogP contribution is 2.41. The van der Waals surface area contributed by atoms with Gasteiger partial charge in [-0.25, -0.2) is 4.79 Å². The number of carbonyl (C=O) groups is 2. The molecule has 2 atom stereocenters. The van der Waals surface area contributed by atoms with Crippen molar-refractivity contribution in [3.63, 3.8) is 0 Å². The van der Waals surface area contributed by atoms with Crippen molar-refractivity contribution in [1.29, 1.82) is 0 Å². The van der Waals surface area contributed by atoms with E-state index in [2.05, 4.69) is 19.2 Å². The average Bonchev–Trinajstić information content (AvgIpc) is 3.33. The lowest BCUT2D eigenvalue weighted by Crippen LogP contribution is -2.19. The zero-order valence-electron chi connectivity index (χ0n) is 18.1. The van der Waals surface area contributed by atoms with Gasteiger partial charge in [-0.1, -0.05) is 26.7 Å². The summed E-state index contributed by atoms with van der Waals surface area (Å²) in [5, 5.41) is 5.77. The maximum absolute atomic E-state index is 13.2. The van der Waals surface area contributed by atoms with Gasteiger partial charge in [-0.05, 0) is 68.4 Å². The number of thiophene rings is 2. The highest BCUT2D eigenvalue weighted by molar-refractivity contribution is 7.17. The Kier molecular flexibility index (Phi) is 6.63. The number of carbonyl (C=O) groups excluding carboxylic acids is 2. The molecule has 2 unspecified atom stereocenters. The van der Waals surface area contributed by atoms with E-state index >= 15 is 0 Å². The van der Waals surface area contributed by atoms with Crippen LogP contribution in [0.4, 0.5) is 5.00 Å². The smallest absolute Gasteiger partial charge is 0.341 e. The first-order valence-electron chi connectivity index (χ1n) is 11.3. The predicted octanol–water partition coefficient (Wildman–Crippen LogP) is 6.27. The Bertz CT molecular complexity index is 943. The van der Waals surface area contributed by atoms with Crippen LogP contribution >= 0.6 is 22.7 Å². The lowest BCUT2D eigenvalue weighted by atomic mass is 9.85. The maximum atomic E-state index is 13.2. The molecule has 2 aromatic heterocycles. The Labute approximate surface area is 187 Å². The molecule has 0 saturated carbocycles. The number of ether oxygens (including phenoxy) is 1. The monoisotopic (exact) mass is 445 g/mol. The van der Waals surface area contributed by atoms with Crippen LogP contribution in [0.1, 0.15) is 88.1 Å². The molecule has 0 spiro atoms. The second-order valence-corrected chi connectivity index (χ2v) is 10.5. The zero-order valence-corrected chi connectivity index (χ0v) is 19.8. The Morgan fingerprint density at radius 3 is 2.37 bits per heavy atom. The Balaban J connectivity index is 1.62. The quantitative estimate of drug-likeness (QED) is 0.533. The topological polar surface area (TPSA) is 55.4 Å². The fourth-order valence-corrected chi connectivity index (χ4v) is 7.34. The van der Waals surface area contributed by atoms with Crippen molar-refractivity contribution in [1.82, 2.24) is 0 Å². The van der Waals surface area contributed by atoms with Crippen molar-refractivity contribution >= 4 is 39.6 Å². The molecule has 0 aromatic carbocycles. The van der Waals surface area contributed by atoms with Crippen LogP contribution in [0.25, 0.3) is 0 Å². The fraction of sp³-hybridized carbons (Fsp3) is 0.583. The van der Waals surface area contributed by atoms with E-state index in [-0.39, 0.29) is 11.9 Å². The summed E-state index contributed by atoms with van der Waals surface area (Å²) >= 11 is 3.28. The molecular formula is C24H31NO3S2. The number of hydrogen-bond donors (Lipinski definition) is 1. The van der Waals surface area contributed by atoms with Crippen LogP contribution in [0, 0.1) is 11.8 Å². The molecular weight excluding hydrogens is 414 g/mol. The molecule has 1 amide bonds. The van der Waals surface area contributed by atoms with Gasteiger partial charge in [0.05, 0.1) is 17.7 Å². The first-order chi connectivity index (χ1) is 14.5. The normalized spacial score (nSPS) is 20.4. The van der Waals surface area contributed by atoms with E-state index in [1.54, 1.807) is 22.7 Å². The van der Waals surface area contributed by atoms with Crippen LogP contribution in [0.15, 0.2) is 5.38 Å². The summed E-state index contributed by atoms with van der Waals surface area (Å²) in [7, 11) is 0. The number of nitrogens with one attached hydrogen (secondary N) is 1. The van der Waals surface area contributed by atoms with Crippen molar-refractivity contribution in [3.05, 3.63) is 37.4 Å². The number of esters is 1. The van der Waals surface area contributed by atoms with Gasteiger partial charge >= 0.3 is 5.97 Å². The lowest BCUT2D eigenvalue weighted by Gasteiger charge is -2.21. The first-order valence-corrected chi connectivity index (χ1v) is 13.0. The van der Waals surface area contributed by atoms with Gasteiger partial charge in [0.1, 0.15) is 5.00 Å². The first kappa shape index (κ1) is 21.6. The Hall–Kier alpha value is -1.66. The third-order valence-electron chi connectivity index (χ3n) is 6.73. The molecule has 4 rings (SSSR count). The van der Waals surface area contributed by atoms with Gasteiger partial charge in [0, 0.05) is 15.1 Å². The molecule has 0 bridgehead atoms. The van der Waals surface area contributed by atoms with Crippen LogP contribution < -0.4 is 5.32 Å². The summed E-state index contributed by atoms with van der Waals surface area (Å²) in [5.74, 6) is 1.00. The van der Waals surface area contributed by atoms with Crippen molar-refractivity contribution in [2.45, 2.75) is 72.1 Å². The molecule has 2 aliphatic carbocycles. The van der Waals surface area contributed by atoms with Gasteiger partial charge in [-0.2, -0.15) is 0 Å². The van der Waals surface area contributed by atoms with Crippen molar-refractivity contribution < 1.29 is 14.3 Å². The van der Waals surface area contributed by atoms with E-state index in [0.717, 1.165) is 62.0 Å². The molecule has 30 heavy (non-hydrogen) atoms. The molecule has 1 N–H and O–H groups in total. The Morgan fingerprint density at radius 1 is 1.03 bits per heavy atom. The number of rotatable bonds is 6. The molecule has 0 fully saturated rings. The summed E-state index contributed by atoms with van der Waals surface area (Å²) in [6.07, 6.45) is 8.53. The van der Waals surface area contributed by atoms with E-state index in [0.29, 0.717) is 23.1 Å². The number of anilines is 1. The zero-order chi connectivity index (χ0) is 21.3. The van der Waals surface area contributed by atoms with Crippen LogP contribution in [0.5, 0.6) is 0 Å². The van der Waals surface area contributed by atoms with E-state index in [9.17, 15) is 9.59 Å². The largest absolute Gasteiger partial charge is 0.462 e. The summed E-state index contributed by atoms with van der Waals surface area (Å²) in [4.78, 5) is 28.6. The average molecular weight is 446 g/mol. The molecule has 2 heterocycles. The predicted molar refractivity (Wildman–Crippen MR) is 124 cm³/mol. The van der Waals surface area contributed by atoms with Gasteiger partial charge in [0.25, 0.3) is 5.91 Å². The number of hydrogen-bond acceptors (Lipinski definition) is 5. The third kappa shape index (κ3) is 4.09. The molecule has 6 heteroatoms. The van der Waals surface area contributed by atoms with Gasteiger partial charge in [-0.3, -0.25) is 4.79 Å². The van der Waals surface area contributed by atoms with Crippen molar-refractivity contribution in [2.24, 2.45) is 11.8 Å². The summed E-state index contributed by atoms with van der Waals surface area (Å²) in [5.41, 5.74) is 3.69. The molecule has 0 saturated heterocycles. The Morgan fingerprint density at radius 2 is 1.70 bits per heavy atom. The SMILES string of the molecule is CCOC(=O)c1c(NC(=O)c2csc3c2CCC(CC)C3)sc2c1CCC(CC)C2. The minimum Gasteiger partial charge on any atom is -0.462 e. The number of fused-ring (bicyclic) bond motifs is 2. The van der Waals surface area contributed by atoms with Gasteiger partial charge in [0.2, 0.25) is 0 Å². The van der Waals surface area contributed by atoms with Crippen molar-refractivity contribution in [2.75, 3.05) is 11.9 Å². The highest BCUT2D eigenvalue weighted by Gasteiger charge is 2.31. The molecule has 4 nitrogen and oxygen atoms in total. The second-order valence-electron chi connectivity index (χ2n) is 8.47. The van der Waals surface area contributed by atoms with Crippen molar-refractivity contribution in [3.8, 4) is 0 Å². The van der Waals surface area contributed by atoms with E-state index in [1.807, 2.05) is 12.3 Å². The summed E-state index contributed by atoms with van der Waals surface area (Å²) in [6, 6.07) is 0. The molecule has 2 aliphatic rings. The van der Waals surface area contributed by atoms with E-state index in [1.165, 1.54) is 21.7 Å². The molecule has 0 radical (unpaired) electrons. The summed E-state index contributed by atoms with van der Waals surface area (Å²) < 4.78 is 5.35. The number of amides is 1. The molecule has 162 valence electrons. The van der Waals surface area contributed by atoms with E-state index in [4.69, 9.17) is 4.74 Å². The lowest BCUT2D eigenvalue weighted by molar-refractivity contribution is 0.0526. The van der Waals surface area contributed by atoms with Crippen LogP contribution in [0.3, 0.4) is 0 Å². The van der Waals surface area contributed by atoms with Gasteiger partial charge < -0.3 is 10.1 Å². The molecule has 0 aliphatic heterocycles. The second kappa shape index (κ2) is 9.23. The van der Waals surface area contributed by atoms with Crippen LogP contribution in [-0.4, -0.2) is 18.5 Å².